The monoisotopic (exact) mass is 257 g/mol. The highest BCUT2D eigenvalue weighted by Crippen LogP contribution is 2.12. The van der Waals surface area contributed by atoms with Gasteiger partial charge >= 0.3 is 0 Å². The number of aryl methyl sites for hydroxylation is 1. The molecule has 5 heteroatoms. The molecule has 2 unspecified atom stereocenters. The molecule has 0 amide bonds. The molecule has 1 aromatic rings. The molecule has 1 saturated heterocycles. The molecule has 1 aliphatic rings. The third kappa shape index (κ3) is 3.44. The molecule has 0 spiro atoms. The van der Waals surface area contributed by atoms with Crippen LogP contribution >= 0.6 is 11.6 Å². The standard InChI is InChI=1S/C12H20ClN3O/c1-10-8-16(9-11(7-13)17-10)5-3-12-14-4-6-15(12)2/h4,6,10-11H,3,5,7-9H2,1-2H3. The topological polar surface area (TPSA) is 30.3 Å². The van der Waals surface area contributed by atoms with E-state index in [1.165, 1.54) is 0 Å². The van der Waals surface area contributed by atoms with Crippen molar-refractivity contribution in [1.82, 2.24) is 14.5 Å². The minimum atomic E-state index is 0.168. The fraction of sp³-hybridized carbons (Fsp3) is 0.750. The van der Waals surface area contributed by atoms with Gasteiger partial charge in [-0.2, -0.15) is 0 Å². The smallest absolute Gasteiger partial charge is 0.109 e. The molecule has 0 aliphatic carbocycles. The normalized spacial score (nSPS) is 26.3. The summed E-state index contributed by atoms with van der Waals surface area (Å²) in [5, 5.41) is 0. The third-order valence-electron chi connectivity index (χ3n) is 3.15. The van der Waals surface area contributed by atoms with Crippen LogP contribution in [0.5, 0.6) is 0 Å². The Kier molecular flexibility index (Phi) is 4.42. The van der Waals surface area contributed by atoms with Crippen LogP contribution in [0.1, 0.15) is 12.7 Å². The van der Waals surface area contributed by atoms with E-state index in [4.69, 9.17) is 16.3 Å². The number of nitrogens with zero attached hydrogens (tertiary/aromatic N) is 3. The Balaban J connectivity index is 1.84. The second kappa shape index (κ2) is 5.85. The van der Waals surface area contributed by atoms with Crippen LogP contribution in [0.2, 0.25) is 0 Å². The van der Waals surface area contributed by atoms with E-state index in [0.29, 0.717) is 5.88 Å². The molecule has 1 aromatic heterocycles. The number of halogens is 1. The second-order valence-electron chi connectivity index (χ2n) is 4.69. The Bertz CT molecular complexity index is 355. The molecule has 2 atom stereocenters. The first-order chi connectivity index (χ1) is 8.19. The van der Waals surface area contributed by atoms with E-state index in [0.717, 1.165) is 31.9 Å². The maximum Gasteiger partial charge on any atom is 0.109 e. The molecule has 4 nitrogen and oxygen atoms in total. The van der Waals surface area contributed by atoms with Gasteiger partial charge in [-0.05, 0) is 6.92 Å². The molecule has 1 fully saturated rings. The highest BCUT2D eigenvalue weighted by atomic mass is 35.5. The molecule has 0 bridgehead atoms. The van der Waals surface area contributed by atoms with Gasteiger partial charge in [-0.15, -0.1) is 11.6 Å². The highest BCUT2D eigenvalue weighted by molar-refractivity contribution is 6.18. The molecule has 0 radical (unpaired) electrons. The van der Waals surface area contributed by atoms with Crippen LogP contribution in [0.4, 0.5) is 0 Å². The molecular formula is C12H20ClN3O. The van der Waals surface area contributed by atoms with E-state index in [9.17, 15) is 0 Å². The number of rotatable bonds is 4. The van der Waals surface area contributed by atoms with Crippen molar-refractivity contribution in [3.63, 3.8) is 0 Å². The van der Waals surface area contributed by atoms with Gasteiger partial charge in [0.1, 0.15) is 5.82 Å². The van der Waals surface area contributed by atoms with Gasteiger partial charge in [0.05, 0.1) is 12.2 Å². The minimum absolute atomic E-state index is 0.168. The number of alkyl halides is 1. The van der Waals surface area contributed by atoms with Crippen LogP contribution in [0.3, 0.4) is 0 Å². The Morgan fingerprint density at radius 2 is 2.35 bits per heavy atom. The highest BCUT2D eigenvalue weighted by Gasteiger charge is 2.24. The number of aromatic nitrogens is 2. The zero-order valence-corrected chi connectivity index (χ0v) is 11.2. The van der Waals surface area contributed by atoms with Gasteiger partial charge in [0.15, 0.2) is 0 Å². The summed E-state index contributed by atoms with van der Waals surface area (Å²) < 4.78 is 7.80. The lowest BCUT2D eigenvalue weighted by molar-refractivity contribution is -0.0660. The fourth-order valence-electron chi connectivity index (χ4n) is 2.30. The van der Waals surface area contributed by atoms with Crippen molar-refractivity contribution in [1.29, 1.82) is 0 Å². The third-order valence-corrected chi connectivity index (χ3v) is 3.49. The molecule has 0 saturated carbocycles. The number of morpholine rings is 1. The first-order valence-electron chi connectivity index (χ1n) is 6.09. The predicted molar refractivity (Wildman–Crippen MR) is 68.4 cm³/mol. The molecular weight excluding hydrogens is 238 g/mol. The summed E-state index contributed by atoms with van der Waals surface area (Å²) in [5.41, 5.74) is 0. The summed E-state index contributed by atoms with van der Waals surface area (Å²) in [4.78, 5) is 6.75. The van der Waals surface area contributed by atoms with Crippen molar-refractivity contribution in [3.05, 3.63) is 18.2 Å². The van der Waals surface area contributed by atoms with Crippen LogP contribution in [0.25, 0.3) is 0 Å². The van der Waals surface area contributed by atoms with E-state index in [1.54, 1.807) is 0 Å². The Hall–Kier alpha value is -0.580. The van der Waals surface area contributed by atoms with Gasteiger partial charge < -0.3 is 9.30 Å². The van der Waals surface area contributed by atoms with E-state index in [-0.39, 0.29) is 12.2 Å². The van der Waals surface area contributed by atoms with E-state index in [2.05, 4.69) is 21.4 Å². The Morgan fingerprint density at radius 1 is 1.53 bits per heavy atom. The van der Waals surface area contributed by atoms with Gasteiger partial charge in [-0.25, -0.2) is 4.98 Å². The lowest BCUT2D eigenvalue weighted by atomic mass is 10.2. The van der Waals surface area contributed by atoms with Crippen molar-refractivity contribution in [2.45, 2.75) is 25.6 Å². The summed E-state index contributed by atoms with van der Waals surface area (Å²) in [6.07, 6.45) is 5.25. The molecule has 0 aromatic carbocycles. The van der Waals surface area contributed by atoms with Crippen molar-refractivity contribution in [3.8, 4) is 0 Å². The average Bonchev–Trinajstić information content (AvgIpc) is 2.71. The first kappa shape index (κ1) is 12.9. The lowest BCUT2D eigenvalue weighted by Crippen LogP contribution is -2.47. The summed E-state index contributed by atoms with van der Waals surface area (Å²) >= 11 is 5.87. The largest absolute Gasteiger partial charge is 0.371 e. The molecule has 0 N–H and O–H groups in total. The van der Waals surface area contributed by atoms with Gasteiger partial charge in [-0.1, -0.05) is 0 Å². The SMILES string of the molecule is CC1CN(CCc2nccn2C)CC(CCl)O1. The van der Waals surface area contributed by atoms with Crippen LogP contribution in [0, 0.1) is 0 Å². The Morgan fingerprint density at radius 3 is 3.00 bits per heavy atom. The molecule has 2 rings (SSSR count). The van der Waals surface area contributed by atoms with Gasteiger partial charge in [0.25, 0.3) is 0 Å². The number of hydrogen-bond acceptors (Lipinski definition) is 3. The van der Waals surface area contributed by atoms with E-state index >= 15 is 0 Å². The summed E-state index contributed by atoms with van der Waals surface area (Å²) in [6, 6.07) is 0. The summed E-state index contributed by atoms with van der Waals surface area (Å²) in [6.45, 7) is 5.04. The quantitative estimate of drug-likeness (QED) is 0.762. The maximum atomic E-state index is 5.87. The van der Waals surface area contributed by atoms with Gasteiger partial charge in [0.2, 0.25) is 0 Å². The average molecular weight is 258 g/mol. The van der Waals surface area contributed by atoms with Crippen molar-refractivity contribution >= 4 is 11.6 Å². The zero-order chi connectivity index (χ0) is 12.3. The van der Waals surface area contributed by atoms with Crippen LogP contribution in [-0.2, 0) is 18.2 Å². The van der Waals surface area contributed by atoms with Crippen LogP contribution in [0.15, 0.2) is 12.4 Å². The minimum Gasteiger partial charge on any atom is -0.371 e. The summed E-state index contributed by atoms with van der Waals surface area (Å²) in [5.74, 6) is 1.70. The molecule has 1 aliphatic heterocycles. The van der Waals surface area contributed by atoms with Crippen LogP contribution in [-0.4, -0.2) is 52.2 Å². The van der Waals surface area contributed by atoms with Gasteiger partial charge in [0, 0.05) is 51.4 Å². The lowest BCUT2D eigenvalue weighted by Gasteiger charge is -2.35. The molecule has 96 valence electrons. The molecule has 17 heavy (non-hydrogen) atoms. The van der Waals surface area contributed by atoms with Crippen LogP contribution < -0.4 is 0 Å². The van der Waals surface area contributed by atoms with E-state index in [1.807, 2.05) is 19.4 Å². The maximum absolute atomic E-state index is 5.87. The van der Waals surface area contributed by atoms with Crippen molar-refractivity contribution < 1.29 is 4.74 Å². The zero-order valence-electron chi connectivity index (χ0n) is 10.5. The Labute approximate surface area is 108 Å². The van der Waals surface area contributed by atoms with Crippen molar-refractivity contribution in [2.24, 2.45) is 7.05 Å². The number of ether oxygens (including phenoxy) is 1. The number of hydrogen-bond donors (Lipinski definition) is 0. The first-order valence-corrected chi connectivity index (χ1v) is 6.62. The molecule has 2 heterocycles. The number of imidazole rings is 1. The summed E-state index contributed by atoms with van der Waals surface area (Å²) in [7, 11) is 2.03. The van der Waals surface area contributed by atoms with Crippen molar-refractivity contribution in [2.75, 3.05) is 25.5 Å². The van der Waals surface area contributed by atoms with E-state index < -0.39 is 0 Å². The predicted octanol–water partition coefficient (Wildman–Crippen LogP) is 1.29. The second-order valence-corrected chi connectivity index (χ2v) is 5.00. The fourth-order valence-corrected chi connectivity index (χ4v) is 2.47. The van der Waals surface area contributed by atoms with Gasteiger partial charge in [-0.3, -0.25) is 4.90 Å².